The number of aromatic nitrogens is 2. The molecule has 2 aliphatic rings. The highest BCUT2D eigenvalue weighted by atomic mass is 16.7. The molecule has 3 heterocycles. The number of hydrogen-bond donors (Lipinski definition) is 2. The van der Waals surface area contributed by atoms with Gasteiger partial charge in [-0.2, -0.15) is 5.10 Å². The first-order valence-corrected chi connectivity index (χ1v) is 12.7. The van der Waals surface area contributed by atoms with Gasteiger partial charge in [-0.05, 0) is 43.0 Å². The van der Waals surface area contributed by atoms with Crippen LogP contribution in [0.3, 0.4) is 0 Å². The van der Waals surface area contributed by atoms with Gasteiger partial charge in [-0.1, -0.05) is 19.4 Å². The second-order valence-corrected chi connectivity index (χ2v) is 9.45. The monoisotopic (exact) mass is 500 g/mol. The molecule has 36 heavy (non-hydrogen) atoms. The number of carboxylic acids is 1. The first-order valence-electron chi connectivity index (χ1n) is 12.7. The van der Waals surface area contributed by atoms with Gasteiger partial charge in [0.25, 0.3) is 0 Å². The minimum atomic E-state index is -0.874. The largest absolute Gasteiger partial charge is 0.481 e. The van der Waals surface area contributed by atoms with E-state index in [1.54, 1.807) is 15.8 Å². The van der Waals surface area contributed by atoms with Gasteiger partial charge < -0.3 is 24.6 Å². The summed E-state index contributed by atoms with van der Waals surface area (Å²) in [5.41, 5.74) is 0.869. The van der Waals surface area contributed by atoms with E-state index in [-0.39, 0.29) is 37.8 Å². The standard InChI is InChI=1S/C26H36N4O6/c1-2-3-10-28(11-5-14-31)24(32)17-29-16-20(19-6-7-22-23(15-19)36-18-35-22)25(26(33)34)21(29)8-13-30-12-4-9-27-30/h4,6-7,9,12,15,20-21,25,31H,2-3,5,8,10-11,13-14,16-18H2,1H3,(H,33,34)/t20?,21-,25+/m1/s1. The van der Waals surface area contributed by atoms with Crippen LogP contribution in [-0.4, -0.2) is 87.3 Å². The number of amides is 1. The van der Waals surface area contributed by atoms with Gasteiger partial charge in [-0.25, -0.2) is 0 Å². The lowest BCUT2D eigenvalue weighted by atomic mass is 9.84. The predicted octanol–water partition coefficient (Wildman–Crippen LogP) is 2.18. The maximum atomic E-state index is 13.4. The molecule has 10 nitrogen and oxygen atoms in total. The number of fused-ring (bicyclic) bond motifs is 1. The Morgan fingerprint density at radius 2 is 2.00 bits per heavy atom. The molecule has 1 fully saturated rings. The van der Waals surface area contributed by atoms with E-state index in [9.17, 15) is 19.8 Å². The number of carboxylic acid groups (broad SMARTS) is 1. The molecule has 4 rings (SSSR count). The number of rotatable bonds is 13. The normalized spacial score (nSPS) is 21.1. The van der Waals surface area contributed by atoms with Crippen molar-refractivity contribution in [3.63, 3.8) is 0 Å². The van der Waals surface area contributed by atoms with Crippen LogP contribution in [0, 0.1) is 5.92 Å². The molecular weight excluding hydrogens is 464 g/mol. The predicted molar refractivity (Wildman–Crippen MR) is 132 cm³/mol. The van der Waals surface area contributed by atoms with Crippen LogP contribution in [0.1, 0.15) is 44.1 Å². The summed E-state index contributed by atoms with van der Waals surface area (Å²) in [4.78, 5) is 29.8. The van der Waals surface area contributed by atoms with Gasteiger partial charge in [-0.15, -0.1) is 0 Å². The van der Waals surface area contributed by atoms with Gasteiger partial charge >= 0.3 is 5.97 Å². The van der Waals surface area contributed by atoms with Crippen molar-refractivity contribution in [3.05, 3.63) is 42.2 Å². The van der Waals surface area contributed by atoms with Gasteiger partial charge in [0.15, 0.2) is 11.5 Å². The van der Waals surface area contributed by atoms with Crippen molar-refractivity contribution in [1.29, 1.82) is 0 Å². The number of carbonyl (C=O) groups is 2. The molecule has 1 amide bonds. The number of nitrogens with zero attached hydrogens (tertiary/aromatic N) is 4. The molecule has 3 atom stereocenters. The number of aliphatic hydroxyl groups is 1. The second-order valence-electron chi connectivity index (χ2n) is 9.45. The molecule has 2 aliphatic heterocycles. The van der Waals surface area contributed by atoms with Gasteiger partial charge in [-0.3, -0.25) is 19.2 Å². The van der Waals surface area contributed by atoms with Crippen LogP contribution < -0.4 is 9.47 Å². The van der Waals surface area contributed by atoms with E-state index in [0.717, 1.165) is 18.4 Å². The summed E-state index contributed by atoms with van der Waals surface area (Å²) in [6.45, 7) is 4.54. The molecule has 0 aliphatic carbocycles. The average molecular weight is 501 g/mol. The second kappa shape index (κ2) is 12.2. The summed E-state index contributed by atoms with van der Waals surface area (Å²) in [6.07, 6.45) is 6.49. The number of ether oxygens (including phenoxy) is 2. The van der Waals surface area contributed by atoms with Gasteiger partial charge in [0.1, 0.15) is 0 Å². The number of hydrogen-bond acceptors (Lipinski definition) is 7. The smallest absolute Gasteiger partial charge is 0.308 e. The highest BCUT2D eigenvalue weighted by Crippen LogP contribution is 2.42. The first kappa shape index (κ1) is 26.0. The Kier molecular flexibility index (Phi) is 8.82. The molecule has 0 spiro atoms. The lowest BCUT2D eigenvalue weighted by Gasteiger charge is -2.29. The van der Waals surface area contributed by atoms with Crippen molar-refractivity contribution in [2.75, 3.05) is 39.6 Å². The van der Waals surface area contributed by atoms with E-state index in [1.807, 2.05) is 35.4 Å². The summed E-state index contributed by atoms with van der Waals surface area (Å²) in [6, 6.07) is 7.10. The van der Waals surface area contributed by atoms with E-state index < -0.39 is 11.9 Å². The molecule has 1 unspecified atom stereocenters. The topological polar surface area (TPSA) is 117 Å². The number of aliphatic hydroxyl groups excluding tert-OH is 1. The molecule has 1 saturated heterocycles. The molecule has 10 heteroatoms. The van der Waals surface area contributed by atoms with E-state index in [4.69, 9.17) is 9.47 Å². The molecule has 196 valence electrons. The van der Waals surface area contributed by atoms with Crippen LogP contribution >= 0.6 is 0 Å². The van der Waals surface area contributed by atoms with Gasteiger partial charge in [0.2, 0.25) is 12.7 Å². The molecule has 1 aromatic carbocycles. The minimum Gasteiger partial charge on any atom is -0.481 e. The third kappa shape index (κ3) is 5.99. The minimum absolute atomic E-state index is 0.0272. The summed E-state index contributed by atoms with van der Waals surface area (Å²) in [5, 5.41) is 23.9. The lowest BCUT2D eigenvalue weighted by Crippen LogP contribution is -2.45. The van der Waals surface area contributed by atoms with Crippen molar-refractivity contribution in [3.8, 4) is 11.5 Å². The fourth-order valence-corrected chi connectivity index (χ4v) is 5.28. The molecule has 0 bridgehead atoms. The SMILES string of the molecule is CCCCN(CCCO)C(=O)CN1CC(c2ccc3c(c2)OCO3)[C@H](C(=O)O)[C@H]1CCn1cccn1. The van der Waals surface area contributed by atoms with Crippen molar-refractivity contribution in [2.24, 2.45) is 5.92 Å². The number of aryl methyl sites for hydroxylation is 1. The third-order valence-corrected chi connectivity index (χ3v) is 7.13. The van der Waals surface area contributed by atoms with E-state index in [2.05, 4.69) is 12.0 Å². The molecule has 2 N–H and O–H groups in total. The van der Waals surface area contributed by atoms with Crippen LogP contribution in [0.5, 0.6) is 11.5 Å². The Hall–Kier alpha value is -3.11. The van der Waals surface area contributed by atoms with Crippen LogP contribution in [0.15, 0.2) is 36.7 Å². The Bertz CT molecular complexity index is 1010. The van der Waals surface area contributed by atoms with Crippen LogP contribution in [0.25, 0.3) is 0 Å². The molecule has 2 aromatic rings. The summed E-state index contributed by atoms with van der Waals surface area (Å²) < 4.78 is 12.8. The highest BCUT2D eigenvalue weighted by molar-refractivity contribution is 5.79. The third-order valence-electron chi connectivity index (χ3n) is 7.13. The zero-order valence-electron chi connectivity index (χ0n) is 20.8. The quantitative estimate of drug-likeness (QED) is 0.430. The van der Waals surface area contributed by atoms with Crippen molar-refractivity contribution in [1.82, 2.24) is 19.6 Å². The Morgan fingerprint density at radius 1 is 1.19 bits per heavy atom. The fourth-order valence-electron chi connectivity index (χ4n) is 5.28. The molecule has 1 aromatic heterocycles. The van der Waals surface area contributed by atoms with E-state index >= 15 is 0 Å². The number of carbonyl (C=O) groups excluding carboxylic acids is 1. The number of aliphatic carboxylic acids is 1. The summed E-state index contributed by atoms with van der Waals surface area (Å²) in [5.74, 6) is -0.614. The number of unbranched alkanes of at least 4 members (excludes halogenated alkanes) is 1. The highest BCUT2D eigenvalue weighted by Gasteiger charge is 2.47. The van der Waals surface area contributed by atoms with E-state index in [1.165, 1.54) is 0 Å². The molecule has 0 saturated carbocycles. The Balaban J connectivity index is 1.58. The number of likely N-dealkylation sites (tertiary alicyclic amines) is 1. The van der Waals surface area contributed by atoms with Crippen molar-refractivity contribution < 1.29 is 29.3 Å². The Morgan fingerprint density at radius 3 is 2.72 bits per heavy atom. The number of benzene rings is 1. The summed E-state index contributed by atoms with van der Waals surface area (Å²) in [7, 11) is 0. The van der Waals surface area contributed by atoms with Crippen molar-refractivity contribution in [2.45, 2.75) is 51.1 Å². The van der Waals surface area contributed by atoms with Crippen molar-refractivity contribution >= 4 is 11.9 Å². The zero-order valence-corrected chi connectivity index (χ0v) is 20.8. The average Bonchev–Trinajstić information content (AvgIpc) is 3.62. The molecular formula is C26H36N4O6. The zero-order chi connectivity index (χ0) is 25.5. The van der Waals surface area contributed by atoms with Gasteiger partial charge in [0, 0.05) is 57.1 Å². The first-order chi connectivity index (χ1) is 17.5. The van der Waals surface area contributed by atoms with E-state index in [0.29, 0.717) is 50.5 Å². The van der Waals surface area contributed by atoms with Crippen LogP contribution in [0.2, 0.25) is 0 Å². The lowest BCUT2D eigenvalue weighted by molar-refractivity contribution is -0.144. The molecule has 0 radical (unpaired) electrons. The summed E-state index contributed by atoms with van der Waals surface area (Å²) >= 11 is 0. The maximum absolute atomic E-state index is 13.4. The van der Waals surface area contributed by atoms with Crippen LogP contribution in [0.4, 0.5) is 0 Å². The van der Waals surface area contributed by atoms with Gasteiger partial charge in [0.05, 0.1) is 12.5 Å². The Labute approximate surface area is 211 Å². The maximum Gasteiger partial charge on any atom is 0.308 e. The fraction of sp³-hybridized carbons (Fsp3) is 0.577. The van der Waals surface area contributed by atoms with Crippen LogP contribution in [-0.2, 0) is 16.1 Å².